The summed E-state index contributed by atoms with van der Waals surface area (Å²) in [5, 5.41) is 26.5. The van der Waals surface area contributed by atoms with E-state index in [1.54, 1.807) is 0 Å². The van der Waals surface area contributed by atoms with Crippen molar-refractivity contribution in [3.63, 3.8) is 0 Å². The zero-order chi connectivity index (χ0) is 42.5. The first-order valence-corrected chi connectivity index (χ1v) is 21.3. The van der Waals surface area contributed by atoms with Crippen molar-refractivity contribution in [2.24, 2.45) is 11.3 Å². The average Bonchev–Trinajstić information content (AvgIpc) is 3.92. The summed E-state index contributed by atoms with van der Waals surface area (Å²) in [5.74, 6) is -3.64. The van der Waals surface area contributed by atoms with Crippen LogP contribution in [0.1, 0.15) is 80.7 Å². The summed E-state index contributed by atoms with van der Waals surface area (Å²) in [7, 11) is 4.10. The number of benzene rings is 2. The molecule has 2 bridgehead atoms. The summed E-state index contributed by atoms with van der Waals surface area (Å²) in [6.07, 6.45) is 5.59. The van der Waals surface area contributed by atoms with E-state index in [1.165, 1.54) is 33.2 Å². The summed E-state index contributed by atoms with van der Waals surface area (Å²) >= 11 is 0. The number of anilines is 1. The lowest BCUT2D eigenvalue weighted by molar-refractivity contribution is -0.228. The molecule has 1 amide bonds. The van der Waals surface area contributed by atoms with E-state index in [1.807, 2.05) is 56.3 Å². The van der Waals surface area contributed by atoms with Gasteiger partial charge in [0.25, 0.3) is 0 Å². The summed E-state index contributed by atoms with van der Waals surface area (Å²) < 4.78 is 23.7. The predicted octanol–water partition coefficient (Wildman–Crippen LogP) is 3.71. The van der Waals surface area contributed by atoms with E-state index in [-0.39, 0.29) is 5.92 Å². The average molecular weight is 825 g/mol. The number of ether oxygens (including phenoxy) is 4. The molecule has 14 nitrogen and oxygen atoms in total. The number of fused-ring (bicyclic) bond motifs is 6. The zero-order valence-corrected chi connectivity index (χ0v) is 35.2. The maximum Gasteiger partial charge on any atom is 0.344 e. The van der Waals surface area contributed by atoms with Crippen LogP contribution in [-0.4, -0.2) is 133 Å². The number of aliphatic hydroxyl groups is 2. The highest BCUT2D eigenvalue weighted by Gasteiger charge is 2.81. The number of methoxy groups -OCH3 is 3. The van der Waals surface area contributed by atoms with Gasteiger partial charge in [0, 0.05) is 78.1 Å². The molecule has 0 radical (unpaired) electrons. The molecule has 1 spiro atoms. The molecule has 3 N–H and O–H groups in total. The number of nitrogens with zero attached hydrogens (tertiary/aromatic N) is 3. The lowest BCUT2D eigenvalue weighted by atomic mass is 9.47. The van der Waals surface area contributed by atoms with E-state index < -0.39 is 70.0 Å². The second kappa shape index (κ2) is 14.4. The van der Waals surface area contributed by atoms with Crippen molar-refractivity contribution in [2.75, 3.05) is 59.0 Å². The Hall–Kier alpha value is -4.76. The molecule has 1 saturated carbocycles. The van der Waals surface area contributed by atoms with Crippen LogP contribution in [0.15, 0.2) is 48.6 Å². The van der Waals surface area contributed by atoms with Gasteiger partial charge in [-0.05, 0) is 61.8 Å². The standard InChI is InChI=1S/C46H56N4O10/c1-7-43(55)22-27-23-48(24-43)20-16-29-28-12-9-10-13-32(28)47-35(29)34(38(53)58-5)33(27)30-14-15-31-36(37(30)57-4)50(25-51)40-45(31)18-21-49-19-11-17-44(8-2,39(45)49)41(60-26(3)52)46(40,56)42(54)59-6/h9-15,17,25,27,33-34,39-41,47,55-56H,7-8,16,18-24H2,1-6H3/t27-,33-,34-,39+,40-,41-,43+,44-,45-,46+/m1/s1. The third kappa shape index (κ3) is 5.32. The number of para-hydroxylation sites is 1. The van der Waals surface area contributed by atoms with E-state index in [9.17, 15) is 29.4 Å². The fourth-order valence-electron chi connectivity index (χ4n) is 13.4. The zero-order valence-electron chi connectivity index (χ0n) is 35.2. The molecule has 320 valence electrons. The highest BCUT2D eigenvalue weighted by Crippen LogP contribution is 2.69. The Bertz CT molecular complexity index is 2290. The van der Waals surface area contributed by atoms with Crippen LogP contribution in [0.4, 0.5) is 5.69 Å². The molecule has 3 aromatic rings. The van der Waals surface area contributed by atoms with Gasteiger partial charge in [0.2, 0.25) is 12.0 Å². The van der Waals surface area contributed by atoms with E-state index in [4.69, 9.17) is 18.9 Å². The number of amides is 1. The second-order valence-corrected chi connectivity index (χ2v) is 18.0. The number of aromatic nitrogens is 1. The number of hydrogen-bond acceptors (Lipinski definition) is 12. The number of esters is 3. The predicted molar refractivity (Wildman–Crippen MR) is 221 cm³/mol. The van der Waals surface area contributed by atoms with Crippen molar-refractivity contribution >= 4 is 40.9 Å². The van der Waals surface area contributed by atoms with Gasteiger partial charge in [0.1, 0.15) is 11.7 Å². The van der Waals surface area contributed by atoms with Crippen LogP contribution in [0, 0.1) is 11.3 Å². The van der Waals surface area contributed by atoms with Gasteiger partial charge in [0.15, 0.2) is 6.10 Å². The molecule has 1 aromatic heterocycles. The van der Waals surface area contributed by atoms with Crippen molar-refractivity contribution in [2.45, 2.75) is 99.5 Å². The smallest absolute Gasteiger partial charge is 0.344 e. The maximum absolute atomic E-state index is 14.6. The minimum atomic E-state index is -2.52. The molecule has 6 aliphatic rings. The van der Waals surface area contributed by atoms with Crippen LogP contribution in [0.2, 0.25) is 0 Å². The van der Waals surface area contributed by atoms with Crippen LogP contribution < -0.4 is 9.64 Å². The Kier molecular flexibility index (Phi) is 9.77. The summed E-state index contributed by atoms with van der Waals surface area (Å²) in [6.45, 7) is 8.09. The van der Waals surface area contributed by atoms with E-state index in [0.717, 1.165) is 22.2 Å². The molecule has 3 fully saturated rings. The third-order valence-electron chi connectivity index (χ3n) is 15.5. The SMILES string of the molecule is CC[C@]1(O)C[C@@H]2CN(CCc3c([nH]c4ccccc34)[C@H](C(=O)OC)[C@H]2c2ccc3c(c2OC)N(C=O)[C@H]2[C@@](O)(C(=O)OC)[C@H](OC(C)=O)[C@]4(CC)C=CCN5CC[C@]32[C@@H]54)C1. The van der Waals surface area contributed by atoms with Crippen LogP contribution in [-0.2, 0) is 45.2 Å². The molecule has 1 aliphatic carbocycles. The highest BCUT2D eigenvalue weighted by molar-refractivity contribution is 5.95. The van der Waals surface area contributed by atoms with Crippen LogP contribution in [0.5, 0.6) is 5.75 Å². The van der Waals surface area contributed by atoms with Crippen LogP contribution >= 0.6 is 0 Å². The number of carbonyl (C=O) groups excluding carboxylic acids is 4. The first-order chi connectivity index (χ1) is 28.8. The van der Waals surface area contributed by atoms with Gasteiger partial charge in [-0.2, -0.15) is 0 Å². The van der Waals surface area contributed by atoms with Crippen LogP contribution in [0.3, 0.4) is 0 Å². The Labute approximate surface area is 349 Å². The van der Waals surface area contributed by atoms with Gasteiger partial charge < -0.3 is 39.0 Å². The molecule has 14 heteroatoms. The lowest BCUT2D eigenvalue weighted by Gasteiger charge is -2.63. The molecule has 6 heterocycles. The molecule has 1 unspecified atom stereocenters. The molecule has 9 rings (SSSR count). The Morgan fingerprint density at radius 2 is 1.78 bits per heavy atom. The Morgan fingerprint density at radius 3 is 2.47 bits per heavy atom. The van der Waals surface area contributed by atoms with Crippen LogP contribution in [0.25, 0.3) is 10.9 Å². The van der Waals surface area contributed by atoms with Crippen molar-refractivity contribution in [1.82, 2.24) is 14.8 Å². The molecule has 2 saturated heterocycles. The van der Waals surface area contributed by atoms with Gasteiger partial charge in [-0.3, -0.25) is 24.2 Å². The van der Waals surface area contributed by atoms with E-state index in [2.05, 4.69) is 20.9 Å². The van der Waals surface area contributed by atoms with E-state index in [0.29, 0.717) is 93.8 Å². The van der Waals surface area contributed by atoms with Gasteiger partial charge in [-0.15, -0.1) is 0 Å². The van der Waals surface area contributed by atoms with Crippen molar-refractivity contribution in [3.05, 3.63) is 70.9 Å². The van der Waals surface area contributed by atoms with Gasteiger partial charge in [-0.1, -0.05) is 56.3 Å². The van der Waals surface area contributed by atoms with Crippen molar-refractivity contribution in [3.8, 4) is 5.75 Å². The largest absolute Gasteiger partial charge is 0.494 e. The normalized spacial score (nSPS) is 36.5. The molecule has 11 atom stereocenters. The molecule has 5 aliphatic heterocycles. The number of hydrogen-bond donors (Lipinski definition) is 3. The molecular formula is C46H56N4O10. The molecule has 2 aromatic carbocycles. The topological polar surface area (TPSA) is 171 Å². The summed E-state index contributed by atoms with van der Waals surface area (Å²) in [6, 6.07) is 10.3. The van der Waals surface area contributed by atoms with Crippen molar-refractivity contribution in [1.29, 1.82) is 0 Å². The first-order valence-electron chi connectivity index (χ1n) is 21.3. The van der Waals surface area contributed by atoms with Gasteiger partial charge in [0.05, 0.1) is 38.7 Å². The molecule has 60 heavy (non-hydrogen) atoms. The Morgan fingerprint density at radius 1 is 1.00 bits per heavy atom. The number of aromatic amines is 1. The number of carbonyl (C=O) groups is 4. The lowest BCUT2D eigenvalue weighted by Crippen LogP contribution is -2.81. The first kappa shape index (κ1) is 40.6. The number of H-pyrrole nitrogens is 1. The van der Waals surface area contributed by atoms with Gasteiger partial charge >= 0.3 is 17.9 Å². The summed E-state index contributed by atoms with van der Waals surface area (Å²) in [5.41, 5.74) is -1.33. The highest BCUT2D eigenvalue weighted by atomic mass is 16.6. The minimum absolute atomic E-state index is 0.290. The minimum Gasteiger partial charge on any atom is -0.494 e. The number of nitrogens with one attached hydrogen (secondary N) is 1. The van der Waals surface area contributed by atoms with E-state index >= 15 is 0 Å². The fraction of sp³-hybridized carbons (Fsp3) is 0.565. The number of rotatable bonds is 8. The fourth-order valence-corrected chi connectivity index (χ4v) is 13.4. The number of piperidine rings is 1. The molecular weight excluding hydrogens is 769 g/mol. The summed E-state index contributed by atoms with van der Waals surface area (Å²) in [4.78, 5) is 65.6. The third-order valence-corrected chi connectivity index (χ3v) is 15.5. The Balaban J connectivity index is 1.34. The quantitative estimate of drug-likeness (QED) is 0.131. The maximum atomic E-state index is 14.6. The van der Waals surface area contributed by atoms with Gasteiger partial charge in [-0.25, -0.2) is 4.79 Å². The monoisotopic (exact) mass is 824 g/mol. The van der Waals surface area contributed by atoms with Crippen molar-refractivity contribution < 1.29 is 48.3 Å². The second-order valence-electron chi connectivity index (χ2n) is 18.0.